The van der Waals surface area contributed by atoms with Gasteiger partial charge in [0, 0.05) is 23.9 Å². The Morgan fingerprint density at radius 2 is 2.10 bits per heavy atom. The minimum Gasteiger partial charge on any atom is -0.462 e. The molecule has 0 saturated heterocycles. The summed E-state index contributed by atoms with van der Waals surface area (Å²) in [6.07, 6.45) is 0.650. The van der Waals surface area contributed by atoms with Crippen molar-refractivity contribution < 1.29 is 14.3 Å². The van der Waals surface area contributed by atoms with E-state index in [0.717, 1.165) is 10.6 Å². The zero-order chi connectivity index (χ0) is 15.2. The van der Waals surface area contributed by atoms with Gasteiger partial charge in [0.15, 0.2) is 0 Å². The number of hydrogen-bond donors (Lipinski definition) is 1. The standard InChI is InChI=1S/C15H16N2O3S/c1-10-13(21-9-17-10)6-7-20-15(19)12-5-3-4-11(8-12)14(18)16-2/h3-5,8-9H,6-7H2,1-2H3,(H,16,18). The van der Waals surface area contributed by atoms with Gasteiger partial charge in [-0.2, -0.15) is 0 Å². The predicted molar refractivity (Wildman–Crippen MR) is 80.7 cm³/mol. The molecule has 6 heteroatoms. The van der Waals surface area contributed by atoms with Crippen molar-refractivity contribution in [2.24, 2.45) is 0 Å². The molecule has 0 aliphatic rings. The van der Waals surface area contributed by atoms with Crippen molar-refractivity contribution in [2.45, 2.75) is 13.3 Å². The predicted octanol–water partition coefficient (Wildman–Crippen LogP) is 2.21. The maximum absolute atomic E-state index is 12.0. The summed E-state index contributed by atoms with van der Waals surface area (Å²) in [7, 11) is 1.55. The molecule has 0 fully saturated rings. The average molecular weight is 304 g/mol. The molecule has 2 aromatic rings. The molecule has 0 aliphatic heterocycles. The lowest BCUT2D eigenvalue weighted by Gasteiger charge is -2.06. The Kier molecular flexibility index (Phi) is 5.05. The summed E-state index contributed by atoms with van der Waals surface area (Å²) in [6.45, 7) is 2.23. The van der Waals surface area contributed by atoms with E-state index in [9.17, 15) is 9.59 Å². The number of aromatic nitrogens is 1. The van der Waals surface area contributed by atoms with Crippen LogP contribution >= 0.6 is 11.3 Å². The van der Waals surface area contributed by atoms with Gasteiger partial charge in [0.25, 0.3) is 5.91 Å². The first-order valence-corrected chi connectivity index (χ1v) is 7.38. The Balaban J connectivity index is 1.94. The summed E-state index contributed by atoms with van der Waals surface area (Å²) < 4.78 is 5.23. The van der Waals surface area contributed by atoms with Crippen molar-refractivity contribution >= 4 is 23.2 Å². The van der Waals surface area contributed by atoms with Crippen molar-refractivity contribution in [3.8, 4) is 0 Å². The smallest absolute Gasteiger partial charge is 0.338 e. The van der Waals surface area contributed by atoms with Crippen LogP contribution in [-0.4, -0.2) is 30.5 Å². The maximum atomic E-state index is 12.0. The second-order valence-corrected chi connectivity index (χ2v) is 5.35. The van der Waals surface area contributed by atoms with Crippen LogP contribution in [0, 0.1) is 6.92 Å². The number of carbonyl (C=O) groups is 2. The first-order valence-electron chi connectivity index (χ1n) is 6.50. The van der Waals surface area contributed by atoms with E-state index in [0.29, 0.717) is 24.2 Å². The van der Waals surface area contributed by atoms with E-state index in [2.05, 4.69) is 10.3 Å². The van der Waals surface area contributed by atoms with Crippen LogP contribution in [0.2, 0.25) is 0 Å². The second-order valence-electron chi connectivity index (χ2n) is 4.41. The lowest BCUT2D eigenvalue weighted by Crippen LogP contribution is -2.18. The Morgan fingerprint density at radius 3 is 2.76 bits per heavy atom. The summed E-state index contributed by atoms with van der Waals surface area (Å²) in [6, 6.07) is 6.47. The molecule has 1 amide bonds. The van der Waals surface area contributed by atoms with E-state index < -0.39 is 5.97 Å². The largest absolute Gasteiger partial charge is 0.462 e. The van der Waals surface area contributed by atoms with Gasteiger partial charge >= 0.3 is 5.97 Å². The molecular formula is C15H16N2O3S. The molecule has 0 unspecified atom stereocenters. The number of nitrogens with zero attached hydrogens (tertiary/aromatic N) is 1. The van der Waals surface area contributed by atoms with Crippen LogP contribution in [0.3, 0.4) is 0 Å². The SMILES string of the molecule is CNC(=O)c1cccc(C(=O)OCCc2scnc2C)c1. The van der Waals surface area contributed by atoms with Gasteiger partial charge in [-0.25, -0.2) is 9.78 Å². The minimum atomic E-state index is -0.428. The van der Waals surface area contributed by atoms with Gasteiger partial charge in [-0.3, -0.25) is 4.79 Å². The normalized spacial score (nSPS) is 10.2. The molecule has 0 spiro atoms. The molecule has 5 nitrogen and oxygen atoms in total. The van der Waals surface area contributed by atoms with E-state index in [-0.39, 0.29) is 5.91 Å². The first kappa shape index (κ1) is 15.2. The van der Waals surface area contributed by atoms with Gasteiger partial charge in [-0.05, 0) is 25.1 Å². The highest BCUT2D eigenvalue weighted by Crippen LogP contribution is 2.13. The quantitative estimate of drug-likeness (QED) is 0.860. The minimum absolute atomic E-state index is 0.232. The van der Waals surface area contributed by atoms with Gasteiger partial charge in [0.2, 0.25) is 0 Å². The molecule has 0 saturated carbocycles. The molecule has 0 radical (unpaired) electrons. The van der Waals surface area contributed by atoms with E-state index >= 15 is 0 Å². The van der Waals surface area contributed by atoms with Crippen molar-refractivity contribution in [2.75, 3.05) is 13.7 Å². The highest BCUT2D eigenvalue weighted by Gasteiger charge is 2.11. The third-order valence-electron chi connectivity index (χ3n) is 2.99. The number of rotatable bonds is 5. The maximum Gasteiger partial charge on any atom is 0.338 e. The number of hydrogen-bond acceptors (Lipinski definition) is 5. The van der Waals surface area contributed by atoms with Gasteiger partial charge in [0.05, 0.1) is 23.4 Å². The Bertz CT molecular complexity index is 652. The van der Waals surface area contributed by atoms with Crippen LogP contribution in [0.25, 0.3) is 0 Å². The van der Waals surface area contributed by atoms with Gasteiger partial charge in [-0.15, -0.1) is 11.3 Å². The number of carbonyl (C=O) groups excluding carboxylic acids is 2. The number of benzene rings is 1. The summed E-state index contributed by atoms with van der Waals surface area (Å²) in [5.41, 5.74) is 3.55. The molecule has 0 bridgehead atoms. The molecule has 0 atom stereocenters. The van der Waals surface area contributed by atoms with E-state index in [1.165, 1.54) is 6.07 Å². The number of thiazole rings is 1. The summed E-state index contributed by atoms with van der Waals surface area (Å²) in [5.74, 6) is -0.659. The van der Waals surface area contributed by atoms with Crippen LogP contribution in [0.4, 0.5) is 0 Å². The van der Waals surface area contributed by atoms with Crippen molar-refractivity contribution in [1.82, 2.24) is 10.3 Å². The number of ether oxygens (including phenoxy) is 1. The van der Waals surface area contributed by atoms with Gasteiger partial charge < -0.3 is 10.1 Å². The molecule has 1 N–H and O–H groups in total. The number of esters is 1. The van der Waals surface area contributed by atoms with Crippen LogP contribution in [0.1, 0.15) is 31.3 Å². The van der Waals surface area contributed by atoms with Crippen molar-refractivity contribution in [3.63, 3.8) is 0 Å². The number of aryl methyl sites for hydroxylation is 1. The Labute approximate surface area is 127 Å². The first-order chi connectivity index (χ1) is 10.1. The molecule has 1 aromatic heterocycles. The Morgan fingerprint density at radius 1 is 1.33 bits per heavy atom. The summed E-state index contributed by atoms with van der Waals surface area (Å²) in [4.78, 5) is 28.7. The Hall–Kier alpha value is -2.21. The second kappa shape index (κ2) is 6.99. The third-order valence-corrected chi connectivity index (χ3v) is 3.99. The molecule has 21 heavy (non-hydrogen) atoms. The number of amides is 1. The molecule has 1 aromatic carbocycles. The lowest BCUT2D eigenvalue weighted by atomic mass is 10.1. The monoisotopic (exact) mass is 304 g/mol. The van der Waals surface area contributed by atoms with E-state index in [4.69, 9.17) is 4.74 Å². The highest BCUT2D eigenvalue weighted by atomic mass is 32.1. The van der Waals surface area contributed by atoms with Gasteiger partial charge in [-0.1, -0.05) is 6.07 Å². The van der Waals surface area contributed by atoms with Crippen molar-refractivity contribution in [3.05, 3.63) is 51.5 Å². The summed E-state index contributed by atoms with van der Waals surface area (Å²) >= 11 is 1.55. The van der Waals surface area contributed by atoms with Crippen molar-refractivity contribution in [1.29, 1.82) is 0 Å². The van der Waals surface area contributed by atoms with Crippen LogP contribution < -0.4 is 5.32 Å². The zero-order valence-corrected chi connectivity index (χ0v) is 12.7. The van der Waals surface area contributed by atoms with Crippen LogP contribution in [0.15, 0.2) is 29.8 Å². The highest BCUT2D eigenvalue weighted by molar-refractivity contribution is 7.09. The molecule has 0 aliphatic carbocycles. The number of nitrogens with one attached hydrogen (secondary N) is 1. The third kappa shape index (κ3) is 3.88. The fraction of sp³-hybridized carbons (Fsp3) is 0.267. The fourth-order valence-corrected chi connectivity index (χ4v) is 2.58. The van der Waals surface area contributed by atoms with E-state index in [1.807, 2.05) is 6.92 Å². The fourth-order valence-electron chi connectivity index (χ4n) is 1.82. The molecule has 110 valence electrons. The molecule has 1 heterocycles. The molecular weight excluding hydrogens is 288 g/mol. The lowest BCUT2D eigenvalue weighted by molar-refractivity contribution is 0.0509. The zero-order valence-electron chi connectivity index (χ0n) is 11.9. The topological polar surface area (TPSA) is 68.3 Å². The summed E-state index contributed by atoms with van der Waals surface area (Å²) in [5, 5.41) is 2.52. The average Bonchev–Trinajstić information content (AvgIpc) is 2.92. The molecule has 2 rings (SSSR count). The van der Waals surface area contributed by atoms with Crippen LogP contribution in [-0.2, 0) is 11.2 Å². The van der Waals surface area contributed by atoms with Crippen LogP contribution in [0.5, 0.6) is 0 Å². The van der Waals surface area contributed by atoms with E-state index in [1.54, 1.807) is 42.1 Å². The van der Waals surface area contributed by atoms with Gasteiger partial charge in [0.1, 0.15) is 0 Å².